The number of nitrogens with zero attached hydrogens (tertiary/aromatic N) is 4. The highest BCUT2D eigenvalue weighted by atomic mass is 79.9. The molecule has 2 rings (SSSR count). The number of nitrogens with two attached hydrogens (primary N) is 1. The second kappa shape index (κ2) is 4.50. The molecule has 0 radical (unpaired) electrons. The summed E-state index contributed by atoms with van der Waals surface area (Å²) in [5, 5.41) is 3.92. The van der Waals surface area contributed by atoms with E-state index in [0.717, 1.165) is 0 Å². The number of pyridine rings is 1. The van der Waals surface area contributed by atoms with E-state index in [4.69, 9.17) is 5.73 Å². The minimum absolute atomic E-state index is 0.0818. The first-order valence-electron chi connectivity index (χ1n) is 4.55. The van der Waals surface area contributed by atoms with Gasteiger partial charge in [0.05, 0.1) is 7.11 Å². The first-order chi connectivity index (χ1) is 8.13. The zero-order chi connectivity index (χ0) is 12.4. The van der Waals surface area contributed by atoms with Crippen LogP contribution in [0.15, 0.2) is 23.1 Å². The minimum atomic E-state index is -0.505. The molecule has 0 aliphatic heterocycles. The number of ether oxygens (including phenoxy) is 1. The molecule has 2 N–H and O–H groups in total. The van der Waals surface area contributed by atoms with Gasteiger partial charge in [0, 0.05) is 6.20 Å². The number of nitrogen functional groups attached to an aromatic ring is 1. The average molecular weight is 298 g/mol. The molecule has 2 aromatic rings. The Morgan fingerprint density at radius 2 is 2.35 bits per heavy atom. The van der Waals surface area contributed by atoms with Gasteiger partial charge in [0.15, 0.2) is 5.82 Å². The van der Waals surface area contributed by atoms with Crippen LogP contribution in [-0.4, -0.2) is 32.8 Å². The topological polar surface area (TPSA) is 95.9 Å². The van der Waals surface area contributed by atoms with Crippen molar-refractivity contribution in [1.29, 1.82) is 0 Å². The predicted octanol–water partition coefficient (Wildman–Crippen LogP) is 0.794. The smallest absolute Gasteiger partial charge is 0.341 e. The molecule has 2 aromatic heterocycles. The van der Waals surface area contributed by atoms with E-state index in [1.807, 2.05) is 0 Å². The predicted molar refractivity (Wildman–Crippen MR) is 62.6 cm³/mol. The Morgan fingerprint density at radius 1 is 1.59 bits per heavy atom. The van der Waals surface area contributed by atoms with Crippen LogP contribution in [-0.2, 0) is 4.74 Å². The third kappa shape index (κ3) is 2.11. The molecule has 0 bridgehead atoms. The first kappa shape index (κ1) is 11.5. The number of rotatable bonds is 2. The van der Waals surface area contributed by atoms with Crippen LogP contribution in [0.4, 0.5) is 5.95 Å². The van der Waals surface area contributed by atoms with Crippen LogP contribution in [0.5, 0.6) is 0 Å². The van der Waals surface area contributed by atoms with Gasteiger partial charge >= 0.3 is 5.97 Å². The van der Waals surface area contributed by atoms with E-state index >= 15 is 0 Å². The summed E-state index contributed by atoms with van der Waals surface area (Å²) in [4.78, 5) is 19.5. The quantitative estimate of drug-likeness (QED) is 0.824. The van der Waals surface area contributed by atoms with Crippen molar-refractivity contribution in [2.45, 2.75) is 0 Å². The Kier molecular flexibility index (Phi) is 3.05. The van der Waals surface area contributed by atoms with Crippen molar-refractivity contribution in [3.63, 3.8) is 0 Å². The SMILES string of the molecule is COC(=O)c1cccnc1-n1nc(N)nc1Br. The minimum Gasteiger partial charge on any atom is -0.465 e. The fraction of sp³-hybridized carbons (Fsp3) is 0.111. The van der Waals surface area contributed by atoms with Crippen molar-refractivity contribution < 1.29 is 9.53 Å². The molecule has 0 unspecified atom stereocenters. The maximum Gasteiger partial charge on any atom is 0.341 e. The van der Waals surface area contributed by atoms with Crippen molar-refractivity contribution in [2.24, 2.45) is 0 Å². The third-order valence-corrected chi connectivity index (χ3v) is 2.49. The molecule has 0 aliphatic rings. The van der Waals surface area contributed by atoms with Gasteiger partial charge in [0.2, 0.25) is 10.7 Å². The van der Waals surface area contributed by atoms with Gasteiger partial charge < -0.3 is 10.5 Å². The number of carbonyl (C=O) groups excluding carboxylic acids is 1. The zero-order valence-electron chi connectivity index (χ0n) is 8.79. The second-order valence-corrected chi connectivity index (χ2v) is 3.73. The molecule has 7 nitrogen and oxygen atoms in total. The van der Waals surface area contributed by atoms with Gasteiger partial charge in [-0.05, 0) is 28.1 Å². The third-order valence-electron chi connectivity index (χ3n) is 1.98. The van der Waals surface area contributed by atoms with Crippen molar-refractivity contribution in [2.75, 3.05) is 12.8 Å². The molecule has 0 spiro atoms. The van der Waals surface area contributed by atoms with E-state index in [0.29, 0.717) is 10.6 Å². The van der Waals surface area contributed by atoms with Crippen molar-refractivity contribution in [3.05, 3.63) is 28.6 Å². The number of methoxy groups -OCH3 is 1. The highest BCUT2D eigenvalue weighted by molar-refractivity contribution is 9.10. The van der Waals surface area contributed by atoms with E-state index in [1.165, 1.54) is 18.0 Å². The monoisotopic (exact) mass is 297 g/mol. The lowest BCUT2D eigenvalue weighted by molar-refractivity contribution is 0.0600. The maximum absolute atomic E-state index is 11.6. The van der Waals surface area contributed by atoms with Gasteiger partial charge in [-0.15, -0.1) is 5.10 Å². The van der Waals surface area contributed by atoms with Gasteiger partial charge in [-0.3, -0.25) is 0 Å². The highest BCUT2D eigenvalue weighted by Gasteiger charge is 2.17. The highest BCUT2D eigenvalue weighted by Crippen LogP contribution is 2.17. The lowest BCUT2D eigenvalue weighted by atomic mass is 10.2. The van der Waals surface area contributed by atoms with Crippen LogP contribution in [0.25, 0.3) is 5.82 Å². The van der Waals surface area contributed by atoms with E-state index in [1.54, 1.807) is 12.1 Å². The number of hydrogen-bond donors (Lipinski definition) is 1. The number of hydrogen-bond acceptors (Lipinski definition) is 6. The Morgan fingerprint density at radius 3 is 2.94 bits per heavy atom. The molecule has 0 fully saturated rings. The summed E-state index contributed by atoms with van der Waals surface area (Å²) in [6, 6.07) is 3.21. The van der Waals surface area contributed by atoms with Crippen molar-refractivity contribution in [1.82, 2.24) is 19.7 Å². The lowest BCUT2D eigenvalue weighted by Gasteiger charge is -2.06. The van der Waals surface area contributed by atoms with Crippen LogP contribution in [0.2, 0.25) is 0 Å². The van der Waals surface area contributed by atoms with Crippen LogP contribution in [0.3, 0.4) is 0 Å². The summed E-state index contributed by atoms with van der Waals surface area (Å²) in [6.45, 7) is 0. The standard InChI is InChI=1S/C9H8BrN5O2/c1-17-7(16)5-3-2-4-12-6(5)15-8(10)13-9(11)14-15/h2-4H,1H3,(H2,11,14). The van der Waals surface area contributed by atoms with E-state index in [-0.39, 0.29) is 11.5 Å². The molecule has 0 saturated heterocycles. The Labute approximate surface area is 105 Å². The molecule has 0 aliphatic carbocycles. The fourth-order valence-corrected chi connectivity index (χ4v) is 1.71. The molecule has 2 heterocycles. The summed E-state index contributed by atoms with van der Waals surface area (Å²) in [5.41, 5.74) is 5.74. The molecular formula is C9H8BrN5O2. The summed E-state index contributed by atoms with van der Waals surface area (Å²) < 4.78 is 6.34. The zero-order valence-corrected chi connectivity index (χ0v) is 10.4. The molecule has 17 heavy (non-hydrogen) atoms. The number of carbonyl (C=O) groups is 1. The second-order valence-electron chi connectivity index (χ2n) is 3.02. The number of halogens is 1. The lowest BCUT2D eigenvalue weighted by Crippen LogP contribution is -2.11. The van der Waals surface area contributed by atoms with Gasteiger partial charge in [0.1, 0.15) is 5.56 Å². The van der Waals surface area contributed by atoms with E-state index in [9.17, 15) is 4.79 Å². The molecule has 0 aromatic carbocycles. The van der Waals surface area contributed by atoms with Crippen LogP contribution in [0.1, 0.15) is 10.4 Å². The van der Waals surface area contributed by atoms with Gasteiger partial charge in [-0.25, -0.2) is 9.78 Å². The van der Waals surface area contributed by atoms with Crippen molar-refractivity contribution >= 4 is 27.8 Å². The number of esters is 1. The normalized spacial score (nSPS) is 10.2. The van der Waals surface area contributed by atoms with Crippen LogP contribution in [0, 0.1) is 0 Å². The molecule has 8 heteroatoms. The van der Waals surface area contributed by atoms with E-state index < -0.39 is 5.97 Å². The maximum atomic E-state index is 11.6. The van der Waals surface area contributed by atoms with E-state index in [2.05, 4.69) is 35.7 Å². The number of aromatic nitrogens is 4. The molecule has 88 valence electrons. The van der Waals surface area contributed by atoms with Gasteiger partial charge in [-0.1, -0.05) is 0 Å². The summed E-state index contributed by atoms with van der Waals surface area (Å²) in [5.74, 6) is -0.122. The van der Waals surface area contributed by atoms with Gasteiger partial charge in [-0.2, -0.15) is 9.67 Å². The first-order valence-corrected chi connectivity index (χ1v) is 5.34. The summed E-state index contributed by atoms with van der Waals surface area (Å²) in [7, 11) is 1.30. The molecule has 0 atom stereocenters. The average Bonchev–Trinajstić information content (AvgIpc) is 2.67. The summed E-state index contributed by atoms with van der Waals surface area (Å²) in [6.07, 6.45) is 1.53. The Balaban J connectivity index is 2.59. The largest absolute Gasteiger partial charge is 0.465 e. The van der Waals surface area contributed by atoms with Crippen molar-refractivity contribution in [3.8, 4) is 5.82 Å². The Bertz CT molecular complexity index is 568. The fourth-order valence-electron chi connectivity index (χ4n) is 1.28. The molecule has 0 amide bonds. The summed E-state index contributed by atoms with van der Waals surface area (Å²) >= 11 is 3.18. The molecular weight excluding hydrogens is 290 g/mol. The molecule has 0 saturated carbocycles. The van der Waals surface area contributed by atoms with Crippen LogP contribution < -0.4 is 5.73 Å². The van der Waals surface area contributed by atoms with Gasteiger partial charge in [0.25, 0.3) is 0 Å². The number of anilines is 1. The Hall–Kier alpha value is -1.96. The van der Waals surface area contributed by atoms with Crippen LogP contribution >= 0.6 is 15.9 Å².